The smallest absolute Gasteiger partial charge is 0.229 e. The molecular weight excluding hydrogens is 545 g/mol. The maximum Gasteiger partial charge on any atom is 0.229 e. The van der Waals surface area contributed by atoms with Gasteiger partial charge < -0.3 is 14.6 Å². The lowest BCUT2D eigenvalue weighted by Crippen LogP contribution is -2.22. The van der Waals surface area contributed by atoms with Gasteiger partial charge in [-0.2, -0.15) is 0 Å². The highest BCUT2D eigenvalue weighted by molar-refractivity contribution is 6.76. The van der Waals surface area contributed by atoms with E-state index < -0.39 is 8.07 Å². The summed E-state index contributed by atoms with van der Waals surface area (Å²) in [5.41, 5.74) is 6.63. The van der Waals surface area contributed by atoms with E-state index in [0.717, 1.165) is 45.2 Å². The Morgan fingerprint density at radius 1 is 1.02 bits per heavy atom. The molecule has 42 heavy (non-hydrogen) atoms. The van der Waals surface area contributed by atoms with Crippen LogP contribution in [0, 0.1) is 5.82 Å². The summed E-state index contributed by atoms with van der Waals surface area (Å²) >= 11 is 0. The fourth-order valence-electron chi connectivity index (χ4n) is 4.80. The van der Waals surface area contributed by atoms with E-state index in [1.165, 1.54) is 12.1 Å². The SMILES string of the molecule is C=Cc1ccnc2c(-c3ccccn3)c(-c3ccnc(NC(=O)Cc4ccc(F)cc4)c3)n(COCC[Si](C)(C)C)c12. The van der Waals surface area contributed by atoms with Crippen LogP contribution in [0.15, 0.2) is 85.8 Å². The average Bonchev–Trinajstić information content (AvgIpc) is 3.31. The van der Waals surface area contributed by atoms with Crippen molar-refractivity contribution in [1.82, 2.24) is 19.5 Å². The van der Waals surface area contributed by atoms with Crippen molar-refractivity contribution >= 4 is 36.9 Å². The highest BCUT2D eigenvalue weighted by Crippen LogP contribution is 2.41. The minimum absolute atomic E-state index is 0.100. The molecule has 0 atom stereocenters. The number of amides is 1. The first-order valence-electron chi connectivity index (χ1n) is 13.9. The third-order valence-corrected chi connectivity index (χ3v) is 8.61. The van der Waals surface area contributed by atoms with Gasteiger partial charge in [0.25, 0.3) is 0 Å². The number of carbonyl (C=O) groups excluding carboxylic acids is 1. The van der Waals surface area contributed by atoms with Crippen LogP contribution in [0.1, 0.15) is 11.1 Å². The molecule has 9 heteroatoms. The third-order valence-electron chi connectivity index (χ3n) is 6.91. The number of nitrogens with zero attached hydrogens (tertiary/aromatic N) is 4. The summed E-state index contributed by atoms with van der Waals surface area (Å²) in [5.74, 6) is -0.187. The summed E-state index contributed by atoms with van der Waals surface area (Å²) in [6.07, 6.45) is 7.13. The van der Waals surface area contributed by atoms with Gasteiger partial charge in [-0.25, -0.2) is 9.37 Å². The first-order valence-corrected chi connectivity index (χ1v) is 17.6. The van der Waals surface area contributed by atoms with Gasteiger partial charge in [-0.05, 0) is 54.1 Å². The Morgan fingerprint density at radius 2 is 1.81 bits per heavy atom. The molecule has 0 aliphatic heterocycles. The first-order chi connectivity index (χ1) is 20.2. The number of fused-ring (bicyclic) bond motifs is 1. The molecule has 5 aromatic rings. The quantitative estimate of drug-likeness (QED) is 0.130. The molecule has 0 saturated carbocycles. The molecule has 4 aromatic heterocycles. The van der Waals surface area contributed by atoms with Gasteiger partial charge in [0.2, 0.25) is 5.91 Å². The van der Waals surface area contributed by atoms with E-state index >= 15 is 0 Å². The van der Waals surface area contributed by atoms with Crippen molar-refractivity contribution in [3.8, 4) is 22.5 Å². The van der Waals surface area contributed by atoms with E-state index in [1.54, 1.807) is 30.7 Å². The topological polar surface area (TPSA) is 81.9 Å². The van der Waals surface area contributed by atoms with Crippen molar-refractivity contribution in [1.29, 1.82) is 0 Å². The van der Waals surface area contributed by atoms with Gasteiger partial charge in [0, 0.05) is 44.4 Å². The lowest BCUT2D eigenvalue weighted by atomic mass is 10.0. The van der Waals surface area contributed by atoms with Crippen LogP contribution in [0.5, 0.6) is 0 Å². The molecule has 0 radical (unpaired) electrons. The average molecular weight is 580 g/mol. The zero-order valence-electron chi connectivity index (χ0n) is 24.1. The van der Waals surface area contributed by atoms with Crippen molar-refractivity contribution in [3.05, 3.63) is 103 Å². The number of nitrogens with one attached hydrogen (secondary N) is 1. The Balaban J connectivity index is 1.59. The number of hydrogen-bond donors (Lipinski definition) is 1. The van der Waals surface area contributed by atoms with E-state index in [2.05, 4.69) is 46.1 Å². The van der Waals surface area contributed by atoms with Crippen molar-refractivity contribution in [2.24, 2.45) is 0 Å². The Kier molecular flexibility index (Phi) is 8.70. The molecule has 0 fully saturated rings. The van der Waals surface area contributed by atoms with Crippen molar-refractivity contribution in [3.63, 3.8) is 0 Å². The predicted molar refractivity (Wildman–Crippen MR) is 169 cm³/mol. The summed E-state index contributed by atoms with van der Waals surface area (Å²) in [6.45, 7) is 12.0. The number of rotatable bonds is 11. The number of carbonyl (C=O) groups is 1. The second kappa shape index (κ2) is 12.6. The zero-order valence-corrected chi connectivity index (χ0v) is 25.1. The summed E-state index contributed by atoms with van der Waals surface area (Å²) in [6, 6.07) is 18.4. The van der Waals surface area contributed by atoms with Gasteiger partial charge in [-0.1, -0.05) is 50.5 Å². The number of hydrogen-bond acceptors (Lipinski definition) is 5. The second-order valence-corrected chi connectivity index (χ2v) is 16.9. The Bertz CT molecular complexity index is 1710. The lowest BCUT2D eigenvalue weighted by Gasteiger charge is -2.18. The van der Waals surface area contributed by atoms with Crippen molar-refractivity contribution < 1.29 is 13.9 Å². The summed E-state index contributed by atoms with van der Waals surface area (Å²) < 4.78 is 21.7. The maximum atomic E-state index is 13.3. The molecule has 7 nitrogen and oxygen atoms in total. The maximum absolute atomic E-state index is 13.3. The van der Waals surface area contributed by atoms with Gasteiger partial charge in [0.05, 0.1) is 34.4 Å². The molecule has 0 aliphatic carbocycles. The van der Waals surface area contributed by atoms with Crippen LogP contribution in [-0.2, 0) is 22.7 Å². The molecule has 0 saturated heterocycles. The van der Waals surface area contributed by atoms with Gasteiger partial charge >= 0.3 is 0 Å². The van der Waals surface area contributed by atoms with Crippen LogP contribution in [0.4, 0.5) is 10.2 Å². The van der Waals surface area contributed by atoms with E-state index in [0.29, 0.717) is 24.7 Å². The van der Waals surface area contributed by atoms with Gasteiger partial charge in [-0.3, -0.25) is 14.8 Å². The van der Waals surface area contributed by atoms with Crippen molar-refractivity contribution in [2.75, 3.05) is 11.9 Å². The normalized spacial score (nSPS) is 11.5. The number of halogens is 1. The monoisotopic (exact) mass is 579 g/mol. The van der Waals surface area contributed by atoms with Crippen LogP contribution in [-0.4, -0.2) is 40.1 Å². The molecule has 1 N–H and O–H groups in total. The largest absolute Gasteiger partial charge is 0.361 e. The van der Waals surface area contributed by atoms with Gasteiger partial charge in [0.1, 0.15) is 18.4 Å². The Morgan fingerprint density at radius 3 is 2.52 bits per heavy atom. The van der Waals surface area contributed by atoms with E-state index in [1.807, 2.05) is 42.5 Å². The molecule has 0 aliphatic rings. The summed E-state index contributed by atoms with van der Waals surface area (Å²) in [5, 5.41) is 2.89. The van der Waals surface area contributed by atoms with Crippen LogP contribution in [0.2, 0.25) is 25.7 Å². The second-order valence-electron chi connectivity index (χ2n) is 11.3. The fourth-order valence-corrected chi connectivity index (χ4v) is 5.55. The van der Waals surface area contributed by atoms with E-state index in [-0.39, 0.29) is 18.1 Å². The number of pyridine rings is 3. The minimum Gasteiger partial charge on any atom is -0.361 e. The molecule has 1 aromatic carbocycles. The molecule has 0 unspecified atom stereocenters. The third kappa shape index (κ3) is 6.70. The predicted octanol–water partition coefficient (Wildman–Crippen LogP) is 7.44. The molecular formula is C33H34FN5O2Si. The van der Waals surface area contributed by atoms with E-state index in [4.69, 9.17) is 9.72 Å². The number of aromatic nitrogens is 4. The van der Waals surface area contributed by atoms with Crippen LogP contribution >= 0.6 is 0 Å². The standard InChI is InChI=1S/C33H34FN5O2Si/c1-5-24-13-17-37-31-30(27-8-6-7-15-35-27)32(39(33(24)31)22-41-18-19-42(2,3)4)25-14-16-36-28(21-25)38-29(40)20-23-9-11-26(34)12-10-23/h5-17,21H,1,18-20,22H2,2-4H3,(H,36,38,40). The highest BCUT2D eigenvalue weighted by atomic mass is 28.3. The molecule has 0 bridgehead atoms. The van der Waals surface area contributed by atoms with Gasteiger partial charge in [0.15, 0.2) is 0 Å². The minimum atomic E-state index is -1.29. The Labute approximate surface area is 246 Å². The van der Waals surface area contributed by atoms with Gasteiger partial charge in [-0.15, -0.1) is 0 Å². The van der Waals surface area contributed by atoms with Crippen LogP contribution < -0.4 is 5.32 Å². The molecule has 5 rings (SSSR count). The molecule has 214 valence electrons. The summed E-state index contributed by atoms with van der Waals surface area (Å²) in [4.78, 5) is 26.7. The van der Waals surface area contributed by atoms with E-state index in [9.17, 15) is 9.18 Å². The highest BCUT2D eigenvalue weighted by Gasteiger charge is 2.24. The first kappa shape index (κ1) is 29.0. The van der Waals surface area contributed by atoms with Crippen LogP contribution in [0.3, 0.4) is 0 Å². The lowest BCUT2D eigenvalue weighted by molar-refractivity contribution is -0.115. The number of anilines is 1. The Hall–Kier alpha value is -4.47. The van der Waals surface area contributed by atoms with Crippen molar-refractivity contribution in [2.45, 2.75) is 38.8 Å². The zero-order chi connectivity index (χ0) is 29.7. The molecule has 1 amide bonds. The van der Waals surface area contributed by atoms with Crippen LogP contribution in [0.25, 0.3) is 39.6 Å². The summed E-state index contributed by atoms with van der Waals surface area (Å²) in [7, 11) is -1.29. The molecule has 4 heterocycles. The number of ether oxygens (including phenoxy) is 1. The number of benzene rings is 1. The molecule has 0 spiro atoms. The fraction of sp³-hybridized carbons (Fsp3) is 0.212.